The van der Waals surface area contributed by atoms with Gasteiger partial charge in [-0.3, -0.25) is 0 Å². The second kappa shape index (κ2) is 5.36. The summed E-state index contributed by atoms with van der Waals surface area (Å²) in [5.41, 5.74) is 1.31. The zero-order chi connectivity index (χ0) is 16.8. The maximum absolute atomic E-state index is 14.4. The van der Waals surface area contributed by atoms with Crippen molar-refractivity contribution in [2.24, 2.45) is 0 Å². The van der Waals surface area contributed by atoms with Crippen molar-refractivity contribution in [2.45, 2.75) is 33.0 Å². The molecule has 0 saturated carbocycles. The zero-order valence-corrected chi connectivity index (χ0v) is 13.1. The number of aliphatic hydroxyl groups is 2. The summed E-state index contributed by atoms with van der Waals surface area (Å²) in [6.07, 6.45) is 4.50. The fourth-order valence-corrected chi connectivity index (χ4v) is 2.42. The molecule has 6 nitrogen and oxygen atoms in total. The van der Waals surface area contributed by atoms with Crippen LogP contribution in [-0.2, 0) is 12.2 Å². The quantitative estimate of drug-likeness (QED) is 0.772. The molecule has 3 aromatic rings. The molecule has 3 rings (SSSR count). The number of hydrogen-bond donors (Lipinski definition) is 2. The molecule has 2 N–H and O–H groups in total. The average molecular weight is 316 g/mol. The second-order valence-corrected chi connectivity index (χ2v) is 5.92. The molecule has 0 unspecified atom stereocenters. The third-order valence-corrected chi connectivity index (χ3v) is 3.67. The summed E-state index contributed by atoms with van der Waals surface area (Å²) >= 11 is 0. The Bertz CT molecular complexity index is 866. The summed E-state index contributed by atoms with van der Waals surface area (Å²) in [5, 5.41) is 19.3. The van der Waals surface area contributed by atoms with Crippen LogP contribution in [0.5, 0.6) is 0 Å². The predicted octanol–water partition coefficient (Wildman–Crippen LogP) is 1.96. The van der Waals surface area contributed by atoms with Crippen LogP contribution in [0.4, 0.5) is 4.39 Å². The molecule has 0 fully saturated rings. The van der Waals surface area contributed by atoms with Gasteiger partial charge in [-0.15, -0.1) is 0 Å². The number of halogens is 1. The minimum atomic E-state index is -1.16. The highest BCUT2D eigenvalue weighted by Crippen LogP contribution is 2.25. The maximum Gasteiger partial charge on any atom is 0.159 e. The van der Waals surface area contributed by atoms with E-state index in [0.29, 0.717) is 28.2 Å². The summed E-state index contributed by atoms with van der Waals surface area (Å²) in [6.45, 7) is 4.73. The maximum atomic E-state index is 14.4. The molecule has 3 aromatic heterocycles. The molecule has 0 aliphatic carbocycles. The van der Waals surface area contributed by atoms with Crippen LogP contribution in [0.25, 0.3) is 16.8 Å². The van der Waals surface area contributed by atoms with Crippen LogP contribution in [0.15, 0.2) is 24.7 Å². The molecule has 0 aromatic carbocycles. The summed E-state index contributed by atoms with van der Waals surface area (Å²) in [5.74, 6) is -0.191. The molecular formula is C16H17FN4O2. The number of fused-ring (bicyclic) bond motifs is 1. The average Bonchev–Trinajstić information content (AvgIpc) is 2.79. The first-order chi connectivity index (χ1) is 10.8. The standard InChI is InChI=1S/C16H17FN4O2/c1-9-13(8-22)21-7-11(12(17)4-14(21)20-9)10-5-18-15(19-6-10)16(2,3)23/h4-7,22-23H,8H2,1-3H3. The highest BCUT2D eigenvalue weighted by Gasteiger charge is 2.20. The Morgan fingerprint density at radius 2 is 1.91 bits per heavy atom. The van der Waals surface area contributed by atoms with Crippen LogP contribution < -0.4 is 0 Å². The normalized spacial score (nSPS) is 12.1. The van der Waals surface area contributed by atoms with Crippen LogP contribution in [0.3, 0.4) is 0 Å². The Hall–Kier alpha value is -2.38. The lowest BCUT2D eigenvalue weighted by molar-refractivity contribution is 0.0687. The largest absolute Gasteiger partial charge is 0.390 e. The Kier molecular flexibility index (Phi) is 3.62. The molecule has 0 amide bonds. The van der Waals surface area contributed by atoms with Gasteiger partial charge in [0.15, 0.2) is 5.82 Å². The lowest BCUT2D eigenvalue weighted by atomic mass is 10.1. The van der Waals surface area contributed by atoms with Crippen LogP contribution in [-0.4, -0.2) is 29.6 Å². The van der Waals surface area contributed by atoms with E-state index in [-0.39, 0.29) is 12.4 Å². The van der Waals surface area contributed by atoms with Crippen LogP contribution in [0, 0.1) is 12.7 Å². The van der Waals surface area contributed by atoms with Gasteiger partial charge < -0.3 is 14.6 Å². The van der Waals surface area contributed by atoms with Crippen molar-refractivity contribution in [2.75, 3.05) is 0 Å². The van der Waals surface area contributed by atoms with Crippen molar-refractivity contribution in [1.29, 1.82) is 0 Å². The van der Waals surface area contributed by atoms with Gasteiger partial charge in [0.05, 0.1) is 18.0 Å². The molecule has 0 saturated heterocycles. The van der Waals surface area contributed by atoms with Crippen molar-refractivity contribution in [3.63, 3.8) is 0 Å². The first-order valence-electron chi connectivity index (χ1n) is 7.14. The molecule has 0 radical (unpaired) electrons. The van der Waals surface area contributed by atoms with Crippen LogP contribution in [0.1, 0.15) is 31.1 Å². The third-order valence-electron chi connectivity index (χ3n) is 3.67. The van der Waals surface area contributed by atoms with E-state index < -0.39 is 11.4 Å². The van der Waals surface area contributed by atoms with E-state index in [4.69, 9.17) is 0 Å². The number of rotatable bonds is 3. The third kappa shape index (κ3) is 2.69. The van der Waals surface area contributed by atoms with Gasteiger partial charge in [0.25, 0.3) is 0 Å². The van der Waals surface area contributed by atoms with Gasteiger partial charge in [0.2, 0.25) is 0 Å². The monoisotopic (exact) mass is 316 g/mol. The SMILES string of the molecule is Cc1nc2cc(F)c(-c3cnc(C(C)(C)O)nc3)cn2c1CO. The molecule has 0 aliphatic heterocycles. The van der Waals surface area contributed by atoms with E-state index in [1.165, 1.54) is 18.5 Å². The fourth-order valence-electron chi connectivity index (χ4n) is 2.42. The minimum absolute atomic E-state index is 0.188. The Morgan fingerprint density at radius 3 is 2.48 bits per heavy atom. The number of nitrogens with zero attached hydrogens (tertiary/aromatic N) is 4. The molecule has 0 atom stereocenters. The van der Waals surface area contributed by atoms with Gasteiger partial charge in [0, 0.05) is 35.8 Å². The number of hydrogen-bond acceptors (Lipinski definition) is 5. The Balaban J connectivity index is 2.14. The molecule has 23 heavy (non-hydrogen) atoms. The number of imidazole rings is 1. The molecule has 0 bridgehead atoms. The van der Waals surface area contributed by atoms with Crippen molar-refractivity contribution >= 4 is 5.65 Å². The summed E-state index contributed by atoms with van der Waals surface area (Å²) in [6, 6.07) is 1.31. The topological polar surface area (TPSA) is 83.5 Å². The fraction of sp³-hybridized carbons (Fsp3) is 0.312. The molecule has 3 heterocycles. The van der Waals surface area contributed by atoms with E-state index in [1.807, 2.05) is 0 Å². The Labute approximate surface area is 132 Å². The highest BCUT2D eigenvalue weighted by molar-refractivity contribution is 5.64. The van der Waals surface area contributed by atoms with E-state index in [1.54, 1.807) is 31.4 Å². The van der Waals surface area contributed by atoms with Gasteiger partial charge in [-0.1, -0.05) is 0 Å². The van der Waals surface area contributed by atoms with Crippen molar-refractivity contribution < 1.29 is 14.6 Å². The second-order valence-electron chi connectivity index (χ2n) is 5.92. The van der Waals surface area contributed by atoms with Gasteiger partial charge in [-0.25, -0.2) is 19.3 Å². The van der Waals surface area contributed by atoms with E-state index in [2.05, 4.69) is 15.0 Å². The van der Waals surface area contributed by atoms with Gasteiger partial charge in [0.1, 0.15) is 17.1 Å². The van der Waals surface area contributed by atoms with Gasteiger partial charge >= 0.3 is 0 Å². The zero-order valence-electron chi connectivity index (χ0n) is 13.1. The summed E-state index contributed by atoms with van der Waals surface area (Å²) < 4.78 is 16.0. The number of pyridine rings is 1. The van der Waals surface area contributed by atoms with Crippen LogP contribution in [0.2, 0.25) is 0 Å². The van der Waals surface area contributed by atoms with Gasteiger partial charge in [-0.2, -0.15) is 0 Å². The number of aliphatic hydroxyl groups excluding tert-OH is 1. The highest BCUT2D eigenvalue weighted by atomic mass is 19.1. The smallest absolute Gasteiger partial charge is 0.159 e. The molecule has 7 heteroatoms. The molecule has 0 spiro atoms. The van der Waals surface area contributed by atoms with Crippen molar-refractivity contribution in [1.82, 2.24) is 19.4 Å². The van der Waals surface area contributed by atoms with Crippen molar-refractivity contribution in [3.05, 3.63) is 47.7 Å². The molecule has 0 aliphatic rings. The number of aryl methyl sites for hydroxylation is 1. The lowest BCUT2D eigenvalue weighted by Gasteiger charge is -2.15. The minimum Gasteiger partial charge on any atom is -0.390 e. The van der Waals surface area contributed by atoms with Crippen LogP contribution >= 0.6 is 0 Å². The summed E-state index contributed by atoms with van der Waals surface area (Å²) in [7, 11) is 0. The first kappa shape index (κ1) is 15.5. The summed E-state index contributed by atoms with van der Waals surface area (Å²) in [4.78, 5) is 12.4. The predicted molar refractivity (Wildman–Crippen MR) is 82.1 cm³/mol. The Morgan fingerprint density at radius 1 is 1.26 bits per heavy atom. The van der Waals surface area contributed by atoms with Gasteiger partial charge in [-0.05, 0) is 20.8 Å². The number of aromatic nitrogens is 4. The van der Waals surface area contributed by atoms with E-state index in [0.717, 1.165) is 0 Å². The van der Waals surface area contributed by atoms with E-state index in [9.17, 15) is 14.6 Å². The first-order valence-corrected chi connectivity index (χ1v) is 7.14. The lowest BCUT2D eigenvalue weighted by Crippen LogP contribution is -2.19. The molecular weight excluding hydrogens is 299 g/mol. The van der Waals surface area contributed by atoms with E-state index >= 15 is 0 Å². The van der Waals surface area contributed by atoms with Crippen molar-refractivity contribution in [3.8, 4) is 11.1 Å². The molecule has 120 valence electrons.